The van der Waals surface area contributed by atoms with E-state index in [0.29, 0.717) is 17.1 Å². The van der Waals surface area contributed by atoms with E-state index in [2.05, 4.69) is 34.2 Å². The number of amides is 1. The fourth-order valence-electron chi connectivity index (χ4n) is 3.46. The van der Waals surface area contributed by atoms with Crippen LogP contribution in [0.2, 0.25) is 0 Å². The van der Waals surface area contributed by atoms with E-state index in [-0.39, 0.29) is 24.1 Å². The third kappa shape index (κ3) is 4.03. The van der Waals surface area contributed by atoms with Gasteiger partial charge in [0.15, 0.2) is 0 Å². The van der Waals surface area contributed by atoms with Crippen LogP contribution in [0.1, 0.15) is 32.1 Å². The van der Waals surface area contributed by atoms with Gasteiger partial charge < -0.3 is 10.3 Å². The summed E-state index contributed by atoms with van der Waals surface area (Å²) in [5.41, 5.74) is 1.51. The molecule has 4 rings (SSSR count). The second-order valence-electron chi connectivity index (χ2n) is 7.58. The van der Waals surface area contributed by atoms with E-state index < -0.39 is 0 Å². The van der Waals surface area contributed by atoms with Gasteiger partial charge in [-0.05, 0) is 30.5 Å². The topological polar surface area (TPSA) is 92.7 Å². The molecule has 0 aliphatic carbocycles. The van der Waals surface area contributed by atoms with Crippen molar-refractivity contribution in [3.05, 3.63) is 70.9 Å². The third-order valence-corrected chi connectivity index (χ3v) is 4.84. The van der Waals surface area contributed by atoms with Gasteiger partial charge in [-0.25, -0.2) is 9.67 Å². The van der Waals surface area contributed by atoms with E-state index in [4.69, 9.17) is 0 Å². The van der Waals surface area contributed by atoms with Crippen molar-refractivity contribution in [3.63, 3.8) is 0 Å². The quantitative estimate of drug-likeness (QED) is 0.530. The van der Waals surface area contributed by atoms with Gasteiger partial charge in [-0.2, -0.15) is 5.10 Å². The molecule has 2 aromatic heterocycles. The van der Waals surface area contributed by atoms with Gasteiger partial charge in [0.25, 0.3) is 5.56 Å². The predicted molar refractivity (Wildman–Crippen MR) is 112 cm³/mol. The largest absolute Gasteiger partial charge is 0.345 e. The standard InChI is InChI=1S/C22H23N5O2/c1-14(2)11-19(21-25-17-9-5-6-10-18(17)26-21)24-20(28)13-27-22(29)16-8-4-3-7-15(16)12-23-27/h3-10,12,14,19H,11,13H2,1-2H3,(H,24,28)(H,25,26). The Morgan fingerprint density at radius 3 is 2.69 bits per heavy atom. The van der Waals surface area contributed by atoms with Gasteiger partial charge in [0.2, 0.25) is 5.91 Å². The summed E-state index contributed by atoms with van der Waals surface area (Å²) in [5, 5.41) is 8.46. The molecule has 0 bridgehead atoms. The average molecular weight is 389 g/mol. The van der Waals surface area contributed by atoms with Crippen molar-refractivity contribution in [2.75, 3.05) is 0 Å². The second-order valence-corrected chi connectivity index (χ2v) is 7.58. The predicted octanol–water partition coefficient (Wildman–Crippen LogP) is 3.18. The number of H-pyrrole nitrogens is 1. The van der Waals surface area contributed by atoms with Crippen LogP contribution in [-0.2, 0) is 11.3 Å². The smallest absolute Gasteiger partial charge is 0.275 e. The van der Waals surface area contributed by atoms with Crippen LogP contribution in [0.3, 0.4) is 0 Å². The Morgan fingerprint density at radius 2 is 1.90 bits per heavy atom. The minimum atomic E-state index is -0.277. The first-order valence-electron chi connectivity index (χ1n) is 9.70. The molecular weight excluding hydrogens is 366 g/mol. The van der Waals surface area contributed by atoms with Gasteiger partial charge in [0, 0.05) is 5.39 Å². The molecule has 0 spiro atoms. The monoisotopic (exact) mass is 389 g/mol. The molecule has 1 unspecified atom stereocenters. The van der Waals surface area contributed by atoms with Gasteiger partial charge >= 0.3 is 0 Å². The van der Waals surface area contributed by atoms with E-state index in [1.54, 1.807) is 18.3 Å². The molecule has 0 aliphatic heterocycles. The minimum absolute atomic E-state index is 0.140. The highest BCUT2D eigenvalue weighted by Gasteiger charge is 2.20. The van der Waals surface area contributed by atoms with Crippen LogP contribution < -0.4 is 10.9 Å². The average Bonchev–Trinajstić information content (AvgIpc) is 3.14. The highest BCUT2D eigenvalue weighted by Crippen LogP contribution is 2.22. The SMILES string of the molecule is CC(C)CC(NC(=O)Cn1ncc2ccccc2c1=O)c1nc2ccccc2[nH]1. The number of fused-ring (bicyclic) bond motifs is 2. The Morgan fingerprint density at radius 1 is 1.14 bits per heavy atom. The maximum absolute atomic E-state index is 12.7. The molecular formula is C22H23N5O2. The van der Waals surface area contributed by atoms with Crippen molar-refractivity contribution in [2.24, 2.45) is 5.92 Å². The van der Waals surface area contributed by atoms with Crippen LogP contribution in [0.15, 0.2) is 59.5 Å². The molecule has 0 aliphatic rings. The number of hydrogen-bond acceptors (Lipinski definition) is 4. The van der Waals surface area contributed by atoms with Crippen molar-refractivity contribution >= 4 is 27.7 Å². The highest BCUT2D eigenvalue weighted by atomic mass is 16.2. The van der Waals surface area contributed by atoms with Gasteiger partial charge in [0.1, 0.15) is 12.4 Å². The van der Waals surface area contributed by atoms with Crippen LogP contribution in [0.25, 0.3) is 21.8 Å². The van der Waals surface area contributed by atoms with Crippen molar-refractivity contribution in [1.29, 1.82) is 0 Å². The number of aromatic amines is 1. The van der Waals surface area contributed by atoms with Gasteiger partial charge in [-0.15, -0.1) is 0 Å². The second kappa shape index (κ2) is 7.87. The number of carbonyl (C=O) groups is 1. The lowest BCUT2D eigenvalue weighted by Crippen LogP contribution is -2.36. The van der Waals surface area contributed by atoms with Crippen molar-refractivity contribution < 1.29 is 4.79 Å². The molecule has 2 N–H and O–H groups in total. The molecule has 148 valence electrons. The lowest BCUT2D eigenvalue weighted by molar-refractivity contribution is -0.122. The van der Waals surface area contributed by atoms with Gasteiger partial charge in [0.05, 0.1) is 28.7 Å². The van der Waals surface area contributed by atoms with Crippen LogP contribution in [-0.4, -0.2) is 25.7 Å². The van der Waals surface area contributed by atoms with Crippen molar-refractivity contribution in [2.45, 2.75) is 32.9 Å². The van der Waals surface area contributed by atoms with Crippen molar-refractivity contribution in [1.82, 2.24) is 25.1 Å². The van der Waals surface area contributed by atoms with E-state index in [1.165, 1.54) is 4.68 Å². The number of rotatable bonds is 6. The fraction of sp³-hybridized carbons (Fsp3) is 0.273. The summed E-state index contributed by atoms with van der Waals surface area (Å²) in [6.07, 6.45) is 2.33. The minimum Gasteiger partial charge on any atom is -0.345 e. The molecule has 0 radical (unpaired) electrons. The highest BCUT2D eigenvalue weighted by molar-refractivity contribution is 5.81. The first kappa shape index (κ1) is 18.9. The summed E-state index contributed by atoms with van der Waals surface area (Å²) in [5.74, 6) is 0.795. The number of nitrogens with one attached hydrogen (secondary N) is 2. The zero-order valence-electron chi connectivity index (χ0n) is 16.4. The third-order valence-electron chi connectivity index (χ3n) is 4.84. The summed E-state index contributed by atoms with van der Waals surface area (Å²) >= 11 is 0. The molecule has 7 heteroatoms. The van der Waals surface area contributed by atoms with Gasteiger partial charge in [-0.1, -0.05) is 44.2 Å². The molecule has 29 heavy (non-hydrogen) atoms. The zero-order chi connectivity index (χ0) is 20.4. The van der Waals surface area contributed by atoms with Crippen LogP contribution in [0.4, 0.5) is 0 Å². The summed E-state index contributed by atoms with van der Waals surface area (Å²) in [4.78, 5) is 33.3. The first-order valence-corrected chi connectivity index (χ1v) is 9.70. The maximum Gasteiger partial charge on any atom is 0.275 e. The number of para-hydroxylation sites is 2. The summed E-state index contributed by atoms with van der Waals surface area (Å²) in [6, 6.07) is 14.7. The van der Waals surface area contributed by atoms with E-state index in [1.807, 2.05) is 36.4 Å². The van der Waals surface area contributed by atoms with Crippen LogP contribution in [0, 0.1) is 5.92 Å². The van der Waals surface area contributed by atoms with E-state index >= 15 is 0 Å². The molecule has 0 fully saturated rings. The number of hydrogen-bond donors (Lipinski definition) is 2. The molecule has 2 heterocycles. The lowest BCUT2D eigenvalue weighted by atomic mass is 10.0. The Kier molecular flexibility index (Phi) is 5.12. The summed E-state index contributed by atoms with van der Waals surface area (Å²) in [6.45, 7) is 4.05. The first-order chi connectivity index (χ1) is 14.0. The Labute approximate surface area is 167 Å². The van der Waals surface area contributed by atoms with Crippen molar-refractivity contribution in [3.8, 4) is 0 Å². The Balaban J connectivity index is 1.57. The van der Waals surface area contributed by atoms with E-state index in [9.17, 15) is 9.59 Å². The number of aromatic nitrogens is 4. The molecule has 1 atom stereocenters. The van der Waals surface area contributed by atoms with E-state index in [0.717, 1.165) is 22.8 Å². The van der Waals surface area contributed by atoms with Crippen LogP contribution in [0.5, 0.6) is 0 Å². The molecule has 2 aromatic carbocycles. The van der Waals surface area contributed by atoms with Crippen LogP contribution >= 0.6 is 0 Å². The molecule has 1 amide bonds. The Hall–Kier alpha value is -3.48. The molecule has 7 nitrogen and oxygen atoms in total. The fourth-order valence-corrected chi connectivity index (χ4v) is 3.46. The molecule has 0 saturated heterocycles. The number of benzene rings is 2. The summed E-state index contributed by atoms with van der Waals surface area (Å²) in [7, 11) is 0. The number of imidazole rings is 1. The molecule has 0 saturated carbocycles. The summed E-state index contributed by atoms with van der Waals surface area (Å²) < 4.78 is 1.20. The molecule has 4 aromatic rings. The normalized spacial score (nSPS) is 12.5. The maximum atomic E-state index is 12.7. The zero-order valence-corrected chi connectivity index (χ0v) is 16.4. The van der Waals surface area contributed by atoms with Gasteiger partial charge in [-0.3, -0.25) is 9.59 Å². The lowest BCUT2D eigenvalue weighted by Gasteiger charge is -2.19. The number of nitrogens with zero attached hydrogens (tertiary/aromatic N) is 3. The Bertz CT molecular complexity index is 1190. The number of carbonyl (C=O) groups excluding carboxylic acids is 1.